The largest absolute Gasteiger partial charge is 0.445 e. The van der Waals surface area contributed by atoms with Gasteiger partial charge in [0, 0.05) is 18.8 Å². The zero-order chi connectivity index (χ0) is 17.5. The first-order valence-electron chi connectivity index (χ1n) is 7.90. The SMILES string of the molecule is CCN(CC)CC#C[C@@H](C)OC(=O)c1cnc(-c2cnn(C)c2)s1. The molecule has 2 aromatic heterocycles. The molecule has 0 aliphatic heterocycles. The lowest BCUT2D eigenvalue weighted by molar-refractivity contribution is 0.0444. The van der Waals surface area contributed by atoms with Gasteiger partial charge in [0.2, 0.25) is 0 Å². The summed E-state index contributed by atoms with van der Waals surface area (Å²) in [5.74, 6) is 5.62. The molecule has 0 amide bonds. The third-order valence-corrected chi connectivity index (χ3v) is 4.47. The number of rotatable bonds is 6. The maximum Gasteiger partial charge on any atom is 0.351 e. The molecule has 2 aromatic rings. The van der Waals surface area contributed by atoms with E-state index in [1.807, 2.05) is 13.2 Å². The third kappa shape index (κ3) is 4.91. The van der Waals surface area contributed by atoms with Crippen LogP contribution in [0.2, 0.25) is 0 Å². The first-order chi connectivity index (χ1) is 11.5. The number of aromatic nitrogens is 3. The van der Waals surface area contributed by atoms with Crippen LogP contribution in [0.25, 0.3) is 10.6 Å². The van der Waals surface area contributed by atoms with E-state index in [9.17, 15) is 4.79 Å². The van der Waals surface area contributed by atoms with E-state index in [1.165, 1.54) is 17.5 Å². The summed E-state index contributed by atoms with van der Waals surface area (Å²) in [7, 11) is 1.84. The quantitative estimate of drug-likeness (QED) is 0.594. The van der Waals surface area contributed by atoms with Gasteiger partial charge in [0.15, 0.2) is 6.10 Å². The first kappa shape index (κ1) is 18.2. The lowest BCUT2D eigenvalue weighted by atomic mass is 10.4. The summed E-state index contributed by atoms with van der Waals surface area (Å²) in [6.07, 6.45) is 4.66. The summed E-state index contributed by atoms with van der Waals surface area (Å²) in [6.45, 7) is 8.56. The van der Waals surface area contributed by atoms with Gasteiger partial charge < -0.3 is 4.74 Å². The Hall–Kier alpha value is -2.17. The van der Waals surface area contributed by atoms with Crippen molar-refractivity contribution in [2.75, 3.05) is 19.6 Å². The Morgan fingerprint density at radius 2 is 2.17 bits per heavy atom. The van der Waals surface area contributed by atoms with Crippen molar-refractivity contribution in [3.05, 3.63) is 23.5 Å². The molecule has 1 atom stereocenters. The molecule has 0 spiro atoms. The molecule has 0 bridgehead atoms. The van der Waals surface area contributed by atoms with Gasteiger partial charge >= 0.3 is 5.97 Å². The highest BCUT2D eigenvalue weighted by Gasteiger charge is 2.15. The maximum atomic E-state index is 12.2. The van der Waals surface area contributed by atoms with E-state index >= 15 is 0 Å². The van der Waals surface area contributed by atoms with Crippen molar-refractivity contribution in [3.63, 3.8) is 0 Å². The highest BCUT2D eigenvalue weighted by Crippen LogP contribution is 2.25. The molecule has 128 valence electrons. The average Bonchev–Trinajstić information content (AvgIpc) is 3.20. The number of aryl methyl sites for hydroxylation is 1. The van der Waals surface area contributed by atoms with Crippen LogP contribution in [-0.4, -0.2) is 51.4 Å². The van der Waals surface area contributed by atoms with E-state index in [1.54, 1.807) is 17.8 Å². The Bertz CT molecular complexity index is 737. The van der Waals surface area contributed by atoms with Crippen LogP contribution in [0.1, 0.15) is 30.4 Å². The van der Waals surface area contributed by atoms with E-state index < -0.39 is 12.1 Å². The van der Waals surface area contributed by atoms with Crippen molar-refractivity contribution in [1.82, 2.24) is 19.7 Å². The summed E-state index contributed by atoms with van der Waals surface area (Å²) < 4.78 is 7.06. The van der Waals surface area contributed by atoms with Crippen molar-refractivity contribution in [1.29, 1.82) is 0 Å². The lowest BCUT2D eigenvalue weighted by Gasteiger charge is -2.13. The van der Waals surface area contributed by atoms with Crippen molar-refractivity contribution in [2.24, 2.45) is 7.05 Å². The van der Waals surface area contributed by atoms with Gasteiger partial charge in [-0.05, 0) is 20.0 Å². The monoisotopic (exact) mass is 346 g/mol. The van der Waals surface area contributed by atoms with Crippen molar-refractivity contribution in [3.8, 4) is 22.4 Å². The molecule has 0 N–H and O–H groups in total. The normalized spacial score (nSPS) is 11.9. The summed E-state index contributed by atoms with van der Waals surface area (Å²) in [5, 5.41) is 4.85. The van der Waals surface area contributed by atoms with Crippen LogP contribution in [0, 0.1) is 11.8 Å². The molecule has 0 aliphatic carbocycles. The zero-order valence-corrected chi connectivity index (χ0v) is 15.3. The van der Waals surface area contributed by atoms with Crippen LogP contribution < -0.4 is 0 Å². The van der Waals surface area contributed by atoms with Crippen LogP contribution in [0.5, 0.6) is 0 Å². The average molecular weight is 346 g/mol. The van der Waals surface area contributed by atoms with Gasteiger partial charge in [-0.1, -0.05) is 25.7 Å². The van der Waals surface area contributed by atoms with Crippen molar-refractivity contribution >= 4 is 17.3 Å². The third-order valence-electron chi connectivity index (χ3n) is 3.44. The Morgan fingerprint density at radius 3 is 2.79 bits per heavy atom. The van der Waals surface area contributed by atoms with E-state index in [0.717, 1.165) is 23.7 Å². The standard InChI is InChI=1S/C17H22N4O2S/c1-5-21(6-2)9-7-8-13(3)23-17(22)15-11-18-16(24-15)14-10-19-20(4)12-14/h10-13H,5-6,9H2,1-4H3/t13-/m1/s1. The fourth-order valence-corrected chi connectivity index (χ4v) is 2.80. The number of hydrogen-bond acceptors (Lipinski definition) is 6. The summed E-state index contributed by atoms with van der Waals surface area (Å²) in [4.78, 5) is 19.1. The number of ether oxygens (including phenoxy) is 1. The van der Waals surface area contributed by atoms with Crippen molar-refractivity contribution < 1.29 is 9.53 Å². The molecule has 0 fully saturated rings. The minimum atomic E-state index is -0.447. The molecule has 6 nitrogen and oxygen atoms in total. The Balaban J connectivity index is 1.93. The predicted molar refractivity (Wildman–Crippen MR) is 94.8 cm³/mol. The van der Waals surface area contributed by atoms with Gasteiger partial charge in [0.05, 0.1) is 18.9 Å². The Kier molecular flexibility index (Phi) is 6.53. The van der Waals surface area contributed by atoms with Crippen LogP contribution >= 0.6 is 11.3 Å². The van der Waals surface area contributed by atoms with Crippen molar-refractivity contribution in [2.45, 2.75) is 26.9 Å². The molecular weight excluding hydrogens is 324 g/mol. The summed E-state index contributed by atoms with van der Waals surface area (Å²) in [6, 6.07) is 0. The molecule has 0 radical (unpaired) electrons. The molecule has 0 aliphatic rings. The molecule has 0 aromatic carbocycles. The summed E-state index contributed by atoms with van der Waals surface area (Å²) >= 11 is 1.29. The molecular formula is C17H22N4O2S. The fraction of sp³-hybridized carbons (Fsp3) is 0.471. The fourth-order valence-electron chi connectivity index (χ4n) is 2.03. The second-order valence-corrected chi connectivity index (χ2v) is 6.29. The van der Waals surface area contributed by atoms with Crippen LogP contribution in [0.3, 0.4) is 0 Å². The van der Waals surface area contributed by atoms with E-state index in [4.69, 9.17) is 4.74 Å². The molecule has 2 rings (SSSR count). The van der Waals surface area contributed by atoms with Crippen LogP contribution in [0.4, 0.5) is 0 Å². The van der Waals surface area contributed by atoms with E-state index in [-0.39, 0.29) is 0 Å². The van der Waals surface area contributed by atoms with Gasteiger partial charge in [-0.3, -0.25) is 9.58 Å². The minimum Gasteiger partial charge on any atom is -0.445 e. The smallest absolute Gasteiger partial charge is 0.351 e. The number of esters is 1. The molecule has 7 heteroatoms. The number of thiazole rings is 1. The highest BCUT2D eigenvalue weighted by atomic mass is 32.1. The molecule has 0 saturated heterocycles. The second kappa shape index (κ2) is 8.62. The highest BCUT2D eigenvalue weighted by molar-refractivity contribution is 7.16. The summed E-state index contributed by atoms with van der Waals surface area (Å²) in [5.41, 5.74) is 0.883. The van der Waals surface area contributed by atoms with Gasteiger partial charge in [-0.2, -0.15) is 5.10 Å². The molecule has 0 unspecified atom stereocenters. The van der Waals surface area contributed by atoms with Gasteiger partial charge in [-0.25, -0.2) is 9.78 Å². The molecule has 0 saturated carbocycles. The van der Waals surface area contributed by atoms with E-state index in [2.05, 4.69) is 40.7 Å². The first-order valence-corrected chi connectivity index (χ1v) is 8.71. The number of carbonyl (C=O) groups is 1. The van der Waals surface area contributed by atoms with E-state index in [0.29, 0.717) is 11.4 Å². The predicted octanol–water partition coefficient (Wildman–Crippen LogP) is 2.43. The number of nitrogens with zero attached hydrogens (tertiary/aromatic N) is 4. The molecule has 24 heavy (non-hydrogen) atoms. The second-order valence-electron chi connectivity index (χ2n) is 5.26. The van der Waals surface area contributed by atoms with Gasteiger partial charge in [0.25, 0.3) is 0 Å². The number of carbonyl (C=O) groups excluding carboxylic acids is 1. The van der Waals surface area contributed by atoms with Crippen LogP contribution in [-0.2, 0) is 11.8 Å². The molecule has 2 heterocycles. The Morgan fingerprint density at radius 1 is 1.42 bits per heavy atom. The lowest BCUT2D eigenvalue weighted by Crippen LogP contribution is -2.23. The zero-order valence-electron chi connectivity index (χ0n) is 14.4. The number of hydrogen-bond donors (Lipinski definition) is 0. The maximum absolute atomic E-state index is 12.2. The minimum absolute atomic E-state index is 0.396. The van der Waals surface area contributed by atoms with Crippen LogP contribution in [0.15, 0.2) is 18.6 Å². The Labute approximate surface area is 146 Å². The van der Waals surface area contributed by atoms with Gasteiger partial charge in [-0.15, -0.1) is 11.3 Å². The topological polar surface area (TPSA) is 60.2 Å². The van der Waals surface area contributed by atoms with Gasteiger partial charge in [0.1, 0.15) is 9.88 Å².